The summed E-state index contributed by atoms with van der Waals surface area (Å²) < 4.78 is 0. The fourth-order valence-electron chi connectivity index (χ4n) is 0.939. The molecule has 0 aliphatic heterocycles. The summed E-state index contributed by atoms with van der Waals surface area (Å²) in [5.74, 6) is -4.37. The monoisotopic (exact) mass is 254 g/mol. The van der Waals surface area contributed by atoms with Gasteiger partial charge < -0.3 is 10.2 Å². The van der Waals surface area contributed by atoms with Crippen LogP contribution in [-0.4, -0.2) is 27.9 Å². The van der Waals surface area contributed by atoms with E-state index in [0.29, 0.717) is 5.69 Å². The van der Waals surface area contributed by atoms with E-state index in [1.54, 1.807) is 30.3 Å². The lowest BCUT2D eigenvalue weighted by atomic mass is 10.3. The Bertz CT molecular complexity index is 416. The molecule has 0 heterocycles. The number of hydrogen-bond acceptors (Lipinski definition) is 6. The van der Waals surface area contributed by atoms with E-state index >= 15 is 0 Å². The molecule has 0 aliphatic rings. The third-order valence-corrected chi connectivity index (χ3v) is 1.71. The number of anilines is 1. The molecule has 0 saturated heterocycles. The van der Waals surface area contributed by atoms with Gasteiger partial charge in [-0.15, -0.1) is 0 Å². The Morgan fingerprint density at radius 2 is 1.61 bits per heavy atom. The molecule has 8 nitrogen and oxygen atoms in total. The zero-order valence-corrected chi connectivity index (χ0v) is 9.60. The summed E-state index contributed by atoms with van der Waals surface area (Å²) in [6.07, 6.45) is 0. The second-order valence-corrected chi connectivity index (χ2v) is 3.55. The Morgan fingerprint density at radius 1 is 1.06 bits per heavy atom. The third kappa shape index (κ3) is 5.25. The van der Waals surface area contributed by atoms with Gasteiger partial charge in [0.15, 0.2) is 0 Å². The van der Waals surface area contributed by atoms with E-state index in [1.165, 1.54) is 0 Å². The molecular weight excluding hydrogens is 240 g/mol. The molecule has 0 aromatic heterocycles. The van der Waals surface area contributed by atoms with Crippen LogP contribution < -0.4 is 21.7 Å². The Balaban J connectivity index is 2.35. The zero-order chi connectivity index (χ0) is 13.6. The van der Waals surface area contributed by atoms with Crippen LogP contribution in [0.5, 0.6) is 0 Å². The van der Waals surface area contributed by atoms with Crippen molar-refractivity contribution in [1.29, 1.82) is 0 Å². The Labute approximate surface area is 103 Å². The van der Waals surface area contributed by atoms with Gasteiger partial charge in [-0.1, -0.05) is 18.2 Å². The number of carbonyl (C=O) groups is 2. The molecule has 1 aromatic rings. The molecule has 2 amide bonds. The molecule has 1 rings (SSSR count). The summed E-state index contributed by atoms with van der Waals surface area (Å²) >= 11 is 0. The minimum Gasteiger partial charge on any atom is -0.352 e. The average Bonchev–Trinajstić information content (AvgIpc) is 2.33. The standard InChI is InChI=1S/C10H14N4O4/c1-10(17,18)14-13-9(16)8(15)12-11-7-5-3-2-4-6-7/h2-6,11,14,17-18H,1H3,(H,12,15)(H,13,16). The predicted octanol–water partition coefficient (Wildman–Crippen LogP) is -1.59. The zero-order valence-electron chi connectivity index (χ0n) is 9.60. The van der Waals surface area contributed by atoms with Crippen LogP contribution in [0.1, 0.15) is 6.92 Å². The Morgan fingerprint density at radius 3 is 2.17 bits per heavy atom. The number of rotatable bonds is 4. The first kappa shape index (κ1) is 13.9. The lowest BCUT2D eigenvalue weighted by Gasteiger charge is -2.17. The maximum absolute atomic E-state index is 11.2. The minimum absolute atomic E-state index is 0.598. The third-order valence-electron chi connectivity index (χ3n) is 1.71. The fourth-order valence-corrected chi connectivity index (χ4v) is 0.939. The van der Waals surface area contributed by atoms with Crippen LogP contribution >= 0.6 is 0 Å². The average molecular weight is 254 g/mol. The first-order valence-electron chi connectivity index (χ1n) is 5.02. The molecule has 0 bridgehead atoms. The van der Waals surface area contributed by atoms with E-state index in [2.05, 4.69) is 10.9 Å². The molecule has 0 spiro atoms. The van der Waals surface area contributed by atoms with Gasteiger partial charge in [0.1, 0.15) is 0 Å². The van der Waals surface area contributed by atoms with E-state index in [0.717, 1.165) is 6.92 Å². The summed E-state index contributed by atoms with van der Waals surface area (Å²) in [6.45, 7) is 0.980. The number of para-hydroxylation sites is 1. The lowest BCUT2D eigenvalue weighted by molar-refractivity contribution is -0.181. The van der Waals surface area contributed by atoms with Crippen LogP contribution in [-0.2, 0) is 9.59 Å². The highest BCUT2D eigenvalue weighted by molar-refractivity contribution is 6.35. The molecule has 1 aromatic carbocycles. The van der Waals surface area contributed by atoms with Crippen molar-refractivity contribution >= 4 is 17.5 Å². The molecule has 8 heteroatoms. The van der Waals surface area contributed by atoms with Crippen LogP contribution in [0.25, 0.3) is 0 Å². The van der Waals surface area contributed by atoms with Crippen molar-refractivity contribution in [2.75, 3.05) is 5.43 Å². The molecule has 0 aliphatic carbocycles. The molecule has 6 N–H and O–H groups in total. The molecule has 0 unspecified atom stereocenters. The van der Waals surface area contributed by atoms with Crippen LogP contribution in [0, 0.1) is 0 Å². The smallest absolute Gasteiger partial charge is 0.328 e. The van der Waals surface area contributed by atoms with Gasteiger partial charge in [0, 0.05) is 6.92 Å². The first-order valence-corrected chi connectivity index (χ1v) is 5.02. The second-order valence-electron chi connectivity index (χ2n) is 3.55. The van der Waals surface area contributed by atoms with Gasteiger partial charge in [-0.2, -0.15) is 5.43 Å². The molecular formula is C10H14N4O4. The first-order chi connectivity index (χ1) is 8.38. The lowest BCUT2D eigenvalue weighted by Crippen LogP contribution is -2.56. The van der Waals surface area contributed by atoms with Crippen molar-refractivity contribution in [2.45, 2.75) is 12.8 Å². The van der Waals surface area contributed by atoms with E-state index in [4.69, 9.17) is 10.2 Å². The van der Waals surface area contributed by atoms with E-state index in [-0.39, 0.29) is 0 Å². The number of hydrogen-bond donors (Lipinski definition) is 6. The van der Waals surface area contributed by atoms with Gasteiger partial charge in [-0.3, -0.25) is 25.9 Å². The molecule has 0 fully saturated rings. The number of carbonyl (C=O) groups excluding carboxylic acids is 2. The quantitative estimate of drug-likeness (QED) is 0.219. The van der Waals surface area contributed by atoms with Gasteiger partial charge in [0.25, 0.3) is 0 Å². The van der Waals surface area contributed by atoms with E-state index < -0.39 is 17.7 Å². The summed E-state index contributed by atoms with van der Waals surface area (Å²) in [5.41, 5.74) is 8.88. The number of amides is 2. The molecule has 98 valence electrons. The van der Waals surface area contributed by atoms with Crippen LogP contribution in [0.4, 0.5) is 5.69 Å². The summed E-state index contributed by atoms with van der Waals surface area (Å²) in [7, 11) is 0. The van der Waals surface area contributed by atoms with Gasteiger partial charge in [-0.25, -0.2) is 0 Å². The van der Waals surface area contributed by atoms with Crippen molar-refractivity contribution in [2.24, 2.45) is 0 Å². The van der Waals surface area contributed by atoms with Gasteiger partial charge in [0.2, 0.25) is 5.91 Å². The van der Waals surface area contributed by atoms with Crippen LogP contribution in [0.3, 0.4) is 0 Å². The summed E-state index contributed by atoms with van der Waals surface area (Å²) in [5, 5.41) is 17.7. The summed E-state index contributed by atoms with van der Waals surface area (Å²) in [4.78, 5) is 22.4. The number of benzene rings is 1. The van der Waals surface area contributed by atoms with Crippen molar-refractivity contribution in [3.63, 3.8) is 0 Å². The van der Waals surface area contributed by atoms with Crippen LogP contribution in [0.2, 0.25) is 0 Å². The van der Waals surface area contributed by atoms with Crippen molar-refractivity contribution < 1.29 is 19.8 Å². The molecule has 0 atom stereocenters. The molecule has 0 radical (unpaired) electrons. The van der Waals surface area contributed by atoms with Crippen molar-refractivity contribution in [1.82, 2.24) is 16.3 Å². The van der Waals surface area contributed by atoms with Crippen molar-refractivity contribution in [3.8, 4) is 0 Å². The number of hydrazine groups is 2. The second kappa shape index (κ2) is 5.96. The highest BCUT2D eigenvalue weighted by Crippen LogP contribution is 2.02. The van der Waals surface area contributed by atoms with Gasteiger partial charge in [0.05, 0.1) is 5.69 Å². The minimum atomic E-state index is -2.30. The highest BCUT2D eigenvalue weighted by Gasteiger charge is 2.18. The largest absolute Gasteiger partial charge is 0.352 e. The van der Waals surface area contributed by atoms with Crippen molar-refractivity contribution in [3.05, 3.63) is 30.3 Å². The fraction of sp³-hybridized carbons (Fsp3) is 0.200. The normalized spacial score (nSPS) is 10.6. The molecule has 18 heavy (non-hydrogen) atoms. The van der Waals surface area contributed by atoms with Crippen LogP contribution in [0.15, 0.2) is 30.3 Å². The molecule has 0 saturated carbocycles. The SMILES string of the molecule is CC(O)(O)NNC(=O)C(=O)NNc1ccccc1. The Kier molecular flexibility index (Phi) is 4.60. The maximum Gasteiger partial charge on any atom is 0.328 e. The highest BCUT2D eigenvalue weighted by atomic mass is 16.5. The van der Waals surface area contributed by atoms with Gasteiger partial charge in [-0.05, 0) is 12.1 Å². The number of nitrogens with one attached hydrogen (secondary N) is 4. The Hall–Kier alpha value is -2.16. The topological polar surface area (TPSA) is 123 Å². The van der Waals surface area contributed by atoms with E-state index in [9.17, 15) is 9.59 Å². The summed E-state index contributed by atoms with van der Waals surface area (Å²) in [6, 6.07) is 8.68. The van der Waals surface area contributed by atoms with Gasteiger partial charge >= 0.3 is 11.8 Å². The predicted molar refractivity (Wildman–Crippen MR) is 62.3 cm³/mol. The number of aliphatic hydroxyl groups is 2. The maximum atomic E-state index is 11.2. The van der Waals surface area contributed by atoms with E-state index in [1.807, 2.05) is 10.9 Å².